The van der Waals surface area contributed by atoms with Gasteiger partial charge in [0.15, 0.2) is 0 Å². The third-order valence-electron chi connectivity index (χ3n) is 2.35. The fourth-order valence-electron chi connectivity index (χ4n) is 1.90. The number of unbranched alkanes of at least 4 members (excludes halogenated alkanes) is 1. The fourth-order valence-corrected chi connectivity index (χ4v) is 2.29. The van der Waals surface area contributed by atoms with Crippen molar-refractivity contribution in [1.29, 1.82) is 0 Å². The van der Waals surface area contributed by atoms with Crippen LogP contribution >= 0.6 is 15.9 Å². The minimum absolute atomic E-state index is 0.410. The Bertz CT molecular complexity index is 133. The molecule has 1 aliphatic rings. The molecule has 2 atom stereocenters. The lowest BCUT2D eigenvalue weighted by Crippen LogP contribution is -2.45. The Morgan fingerprint density at radius 3 is 2.38 bits per heavy atom. The molecule has 0 spiro atoms. The zero-order valence-electron chi connectivity index (χ0n) is 8.63. The summed E-state index contributed by atoms with van der Waals surface area (Å²) < 4.78 is 5.67. The van der Waals surface area contributed by atoms with E-state index in [2.05, 4.69) is 34.7 Å². The summed E-state index contributed by atoms with van der Waals surface area (Å²) in [5.74, 6) is 0. The van der Waals surface area contributed by atoms with E-state index in [4.69, 9.17) is 4.74 Å². The van der Waals surface area contributed by atoms with Crippen molar-refractivity contribution in [3.05, 3.63) is 0 Å². The Hall–Kier alpha value is 0.400. The van der Waals surface area contributed by atoms with Crippen LogP contribution in [0, 0.1) is 0 Å². The predicted molar refractivity (Wildman–Crippen MR) is 59.5 cm³/mol. The van der Waals surface area contributed by atoms with Crippen LogP contribution in [-0.4, -0.2) is 42.1 Å². The highest BCUT2D eigenvalue weighted by atomic mass is 79.9. The van der Waals surface area contributed by atoms with Gasteiger partial charge in [-0.2, -0.15) is 0 Å². The van der Waals surface area contributed by atoms with Crippen LogP contribution in [0.5, 0.6) is 0 Å². The van der Waals surface area contributed by atoms with Gasteiger partial charge in [0.1, 0.15) is 0 Å². The summed E-state index contributed by atoms with van der Waals surface area (Å²) in [6, 6.07) is 0. The first kappa shape index (κ1) is 11.5. The van der Waals surface area contributed by atoms with E-state index in [1.165, 1.54) is 19.4 Å². The van der Waals surface area contributed by atoms with Crippen LogP contribution in [0.4, 0.5) is 0 Å². The standard InChI is InChI=1S/C10H20BrNO/c1-9-7-12(6-4-3-5-11)8-10(2)13-9/h9-10H,3-8H2,1-2H3/t9-,10+. The van der Waals surface area contributed by atoms with E-state index in [1.807, 2.05) is 0 Å². The molecular formula is C10H20BrNO. The number of halogens is 1. The normalized spacial score (nSPS) is 30.7. The fraction of sp³-hybridized carbons (Fsp3) is 1.00. The number of hydrogen-bond acceptors (Lipinski definition) is 2. The second-order valence-electron chi connectivity index (χ2n) is 3.91. The van der Waals surface area contributed by atoms with Gasteiger partial charge < -0.3 is 4.74 Å². The van der Waals surface area contributed by atoms with Gasteiger partial charge in [0.2, 0.25) is 0 Å². The molecule has 0 amide bonds. The second-order valence-corrected chi connectivity index (χ2v) is 4.71. The lowest BCUT2D eigenvalue weighted by Gasteiger charge is -2.35. The molecule has 1 aliphatic heterocycles. The van der Waals surface area contributed by atoms with Crippen molar-refractivity contribution in [2.45, 2.75) is 38.9 Å². The average molecular weight is 250 g/mol. The zero-order valence-corrected chi connectivity index (χ0v) is 10.2. The number of hydrogen-bond donors (Lipinski definition) is 0. The molecule has 1 saturated heterocycles. The topological polar surface area (TPSA) is 12.5 Å². The van der Waals surface area contributed by atoms with Crippen molar-refractivity contribution >= 4 is 15.9 Å². The molecule has 1 heterocycles. The molecule has 2 nitrogen and oxygen atoms in total. The van der Waals surface area contributed by atoms with Gasteiger partial charge in [-0.3, -0.25) is 4.90 Å². The summed E-state index contributed by atoms with van der Waals surface area (Å²) in [6.07, 6.45) is 3.39. The van der Waals surface area contributed by atoms with Gasteiger partial charge in [-0.15, -0.1) is 0 Å². The summed E-state index contributed by atoms with van der Waals surface area (Å²) in [4.78, 5) is 2.52. The van der Waals surface area contributed by atoms with Gasteiger partial charge >= 0.3 is 0 Å². The zero-order chi connectivity index (χ0) is 9.68. The van der Waals surface area contributed by atoms with Crippen molar-refractivity contribution in [1.82, 2.24) is 4.90 Å². The van der Waals surface area contributed by atoms with Crippen LogP contribution in [0.1, 0.15) is 26.7 Å². The maximum atomic E-state index is 5.67. The Morgan fingerprint density at radius 2 is 1.85 bits per heavy atom. The highest BCUT2D eigenvalue weighted by molar-refractivity contribution is 9.09. The number of rotatable bonds is 4. The van der Waals surface area contributed by atoms with Crippen molar-refractivity contribution in [3.63, 3.8) is 0 Å². The maximum absolute atomic E-state index is 5.67. The van der Waals surface area contributed by atoms with Gasteiger partial charge in [-0.25, -0.2) is 0 Å². The van der Waals surface area contributed by atoms with E-state index in [1.54, 1.807) is 0 Å². The van der Waals surface area contributed by atoms with Gasteiger partial charge in [0, 0.05) is 18.4 Å². The van der Waals surface area contributed by atoms with E-state index in [0.717, 1.165) is 18.4 Å². The molecule has 0 radical (unpaired) electrons. The van der Waals surface area contributed by atoms with E-state index >= 15 is 0 Å². The third kappa shape index (κ3) is 4.43. The van der Waals surface area contributed by atoms with Crippen molar-refractivity contribution in [2.75, 3.05) is 25.0 Å². The van der Waals surface area contributed by atoms with Crippen molar-refractivity contribution in [2.24, 2.45) is 0 Å². The molecule has 1 rings (SSSR count). The molecular weight excluding hydrogens is 230 g/mol. The van der Waals surface area contributed by atoms with E-state index in [-0.39, 0.29) is 0 Å². The minimum atomic E-state index is 0.410. The summed E-state index contributed by atoms with van der Waals surface area (Å²) in [7, 11) is 0. The number of ether oxygens (including phenoxy) is 1. The van der Waals surface area contributed by atoms with Gasteiger partial charge in [0.05, 0.1) is 12.2 Å². The minimum Gasteiger partial charge on any atom is -0.373 e. The lowest BCUT2D eigenvalue weighted by molar-refractivity contribution is -0.0680. The monoisotopic (exact) mass is 249 g/mol. The predicted octanol–water partition coefficient (Wildman–Crippen LogP) is 2.27. The summed E-state index contributed by atoms with van der Waals surface area (Å²) in [5.41, 5.74) is 0. The molecule has 13 heavy (non-hydrogen) atoms. The van der Waals surface area contributed by atoms with Crippen molar-refractivity contribution < 1.29 is 4.74 Å². The largest absolute Gasteiger partial charge is 0.373 e. The van der Waals surface area contributed by atoms with E-state index < -0.39 is 0 Å². The Morgan fingerprint density at radius 1 is 1.23 bits per heavy atom. The molecule has 78 valence electrons. The van der Waals surface area contributed by atoms with Crippen LogP contribution in [0.15, 0.2) is 0 Å². The Labute approximate surface area is 89.8 Å². The number of nitrogens with zero attached hydrogens (tertiary/aromatic N) is 1. The van der Waals surface area contributed by atoms with Crippen LogP contribution in [0.3, 0.4) is 0 Å². The van der Waals surface area contributed by atoms with E-state index in [0.29, 0.717) is 12.2 Å². The molecule has 0 bridgehead atoms. The first-order chi connectivity index (χ1) is 6.22. The molecule has 0 aromatic rings. The summed E-state index contributed by atoms with van der Waals surface area (Å²) in [6.45, 7) is 7.75. The SMILES string of the molecule is C[C@@H]1CN(CCCCBr)C[C@H](C)O1. The first-order valence-electron chi connectivity index (χ1n) is 5.16. The summed E-state index contributed by atoms with van der Waals surface area (Å²) >= 11 is 3.45. The van der Waals surface area contributed by atoms with Crippen molar-refractivity contribution in [3.8, 4) is 0 Å². The highest BCUT2D eigenvalue weighted by Crippen LogP contribution is 2.11. The maximum Gasteiger partial charge on any atom is 0.0678 e. The molecule has 3 heteroatoms. The Kier molecular flexibility index (Phi) is 5.29. The molecule has 0 unspecified atom stereocenters. The summed E-state index contributed by atoms with van der Waals surface area (Å²) in [5, 5.41) is 1.13. The van der Waals surface area contributed by atoms with Gasteiger partial charge in [-0.05, 0) is 33.2 Å². The molecule has 0 aromatic carbocycles. The highest BCUT2D eigenvalue weighted by Gasteiger charge is 2.21. The van der Waals surface area contributed by atoms with Crippen LogP contribution in [0.25, 0.3) is 0 Å². The second kappa shape index (κ2) is 5.99. The average Bonchev–Trinajstić information content (AvgIpc) is 2.03. The smallest absolute Gasteiger partial charge is 0.0678 e. The molecule has 0 aromatic heterocycles. The lowest BCUT2D eigenvalue weighted by atomic mass is 10.2. The van der Waals surface area contributed by atoms with Crippen LogP contribution in [-0.2, 0) is 4.74 Å². The Balaban J connectivity index is 2.17. The quantitative estimate of drug-likeness (QED) is 0.560. The molecule has 0 N–H and O–H groups in total. The molecule has 1 fully saturated rings. The van der Waals surface area contributed by atoms with Gasteiger partial charge in [0.25, 0.3) is 0 Å². The van der Waals surface area contributed by atoms with Crippen LogP contribution < -0.4 is 0 Å². The first-order valence-corrected chi connectivity index (χ1v) is 6.28. The number of alkyl halides is 1. The van der Waals surface area contributed by atoms with Gasteiger partial charge in [-0.1, -0.05) is 15.9 Å². The number of morpholine rings is 1. The third-order valence-corrected chi connectivity index (χ3v) is 2.91. The van der Waals surface area contributed by atoms with Crippen LogP contribution in [0.2, 0.25) is 0 Å². The van der Waals surface area contributed by atoms with E-state index in [9.17, 15) is 0 Å². The molecule has 0 saturated carbocycles. The molecule has 0 aliphatic carbocycles.